The Morgan fingerprint density at radius 3 is 1.18 bits per heavy atom. The van der Waals surface area contributed by atoms with Crippen LogP contribution in [0.4, 0.5) is 0 Å². The normalized spacial score (nSPS) is 16.0. The molecule has 0 saturated heterocycles. The van der Waals surface area contributed by atoms with Gasteiger partial charge < -0.3 is 0 Å². The molecule has 0 spiro atoms. The molecule has 0 saturated carbocycles. The van der Waals surface area contributed by atoms with Gasteiger partial charge in [-0.1, -0.05) is 85.0 Å². The number of hydrogen-bond donors (Lipinski definition) is 0. The Hall–Kier alpha value is -4.97. The summed E-state index contributed by atoms with van der Waals surface area (Å²) in [5.74, 6) is 0. The fraction of sp³-hybridized carbons (Fsp3) is 0.0816. The van der Waals surface area contributed by atoms with Gasteiger partial charge >= 0.3 is 211 Å². The second kappa shape index (κ2) is 15.7. The Morgan fingerprint density at radius 2 is 0.800 bits per heavy atom. The topological polar surface area (TPSA) is 0 Å². The minimum absolute atomic E-state index is 0.515. The van der Waals surface area contributed by atoms with Crippen LogP contribution >= 0.6 is 0 Å². The molecule has 6 aromatic carbocycles. The van der Waals surface area contributed by atoms with Gasteiger partial charge in [0.1, 0.15) is 0 Å². The first-order chi connectivity index (χ1) is 24.6. The monoisotopic (exact) mass is 720 g/mol. The van der Waals surface area contributed by atoms with Gasteiger partial charge in [-0.2, -0.15) is 0 Å². The molecule has 6 aromatic rings. The number of benzene rings is 6. The van der Waals surface area contributed by atoms with Gasteiger partial charge in [0.15, 0.2) is 0 Å². The quantitative estimate of drug-likeness (QED) is 0.144. The maximum atomic E-state index is 5.02. The molecule has 242 valence electrons. The summed E-state index contributed by atoms with van der Waals surface area (Å²) in [4.78, 5) is 0. The Bertz CT molecular complexity index is 2060. The summed E-state index contributed by atoms with van der Waals surface area (Å²) in [6.45, 7) is 4.67. The van der Waals surface area contributed by atoms with E-state index < -0.39 is 21.3 Å². The van der Waals surface area contributed by atoms with Crippen LogP contribution in [-0.2, 0) is 21.3 Å². The molecule has 8 rings (SSSR count). The first kappa shape index (κ1) is 33.5. The Kier molecular flexibility index (Phi) is 10.5. The van der Waals surface area contributed by atoms with Crippen molar-refractivity contribution in [1.29, 1.82) is 0 Å². The summed E-state index contributed by atoms with van der Waals surface area (Å²) in [5.41, 5.74) is 16.6. The average molecular weight is 722 g/mol. The molecule has 0 heterocycles. The Balaban J connectivity index is 0.000000206. The molecular weight excluding hydrogens is 680 g/mol. The van der Waals surface area contributed by atoms with E-state index in [9.17, 15) is 0 Å². The third kappa shape index (κ3) is 7.30. The molecule has 2 aliphatic rings. The molecule has 0 nitrogen and oxygen atoms in total. The summed E-state index contributed by atoms with van der Waals surface area (Å²) in [6.07, 6.45) is 13.2. The van der Waals surface area contributed by atoms with Gasteiger partial charge in [-0.05, 0) is 11.1 Å². The van der Waals surface area contributed by atoms with Crippen molar-refractivity contribution in [2.45, 2.75) is 21.1 Å². The standard InChI is InChI=1S/2C16H13.C16H14.CH2.Zr/c2*1-12-10-14-8-5-9-15(16(14)11-12)13-6-3-2-4-7-13;1-3-9-15(10-4-1)13-7-8-14-16-11-5-2-6-12-16;;/h2*2-11H,1H3;1-14H;1H2;. The van der Waals surface area contributed by atoms with Crippen molar-refractivity contribution in [3.63, 3.8) is 0 Å². The number of hydrogen-bond acceptors (Lipinski definition) is 0. The van der Waals surface area contributed by atoms with Gasteiger partial charge in [0.25, 0.3) is 0 Å². The van der Waals surface area contributed by atoms with Gasteiger partial charge in [-0.25, -0.2) is 0 Å². The maximum absolute atomic E-state index is 5.02. The predicted octanol–water partition coefficient (Wildman–Crippen LogP) is 13.1. The first-order valence-electron chi connectivity index (χ1n) is 17.4. The molecule has 1 heteroatoms. The van der Waals surface area contributed by atoms with Gasteiger partial charge in [0.2, 0.25) is 0 Å². The van der Waals surface area contributed by atoms with Crippen LogP contribution in [0.5, 0.6) is 0 Å². The Labute approximate surface area is 305 Å². The Morgan fingerprint density at radius 1 is 0.440 bits per heavy atom. The molecule has 2 unspecified atom stereocenters. The van der Waals surface area contributed by atoms with Crippen LogP contribution in [0, 0.1) is 0 Å². The minimum atomic E-state index is -2.24. The summed E-state index contributed by atoms with van der Waals surface area (Å²) >= 11 is -2.24. The van der Waals surface area contributed by atoms with Crippen LogP contribution in [0.1, 0.15) is 54.5 Å². The van der Waals surface area contributed by atoms with E-state index in [-0.39, 0.29) is 0 Å². The van der Waals surface area contributed by atoms with E-state index in [1.807, 2.05) is 36.4 Å². The van der Waals surface area contributed by atoms with Gasteiger partial charge in [-0.3, -0.25) is 0 Å². The van der Waals surface area contributed by atoms with Crippen molar-refractivity contribution >= 4 is 28.5 Å². The molecule has 0 amide bonds. The van der Waals surface area contributed by atoms with Crippen molar-refractivity contribution < 1.29 is 21.3 Å². The van der Waals surface area contributed by atoms with Crippen molar-refractivity contribution in [3.05, 3.63) is 214 Å². The van der Waals surface area contributed by atoms with Crippen molar-refractivity contribution in [3.8, 4) is 22.3 Å². The summed E-state index contributed by atoms with van der Waals surface area (Å²) in [7, 11) is 0. The molecule has 0 bridgehead atoms. The van der Waals surface area contributed by atoms with Crippen LogP contribution in [0.2, 0.25) is 0 Å². The van der Waals surface area contributed by atoms with Crippen molar-refractivity contribution in [2.24, 2.45) is 0 Å². The zero-order chi connectivity index (χ0) is 34.3. The molecule has 2 aliphatic carbocycles. The molecule has 2 atom stereocenters. The number of allylic oxidation sites excluding steroid dienone is 4. The van der Waals surface area contributed by atoms with Crippen LogP contribution in [-0.4, -0.2) is 4.21 Å². The van der Waals surface area contributed by atoms with E-state index in [2.05, 4.69) is 172 Å². The molecule has 0 aromatic heterocycles. The molecule has 0 N–H and O–H groups in total. The molecule has 0 fully saturated rings. The zero-order valence-electron chi connectivity index (χ0n) is 28.8. The van der Waals surface area contributed by atoms with Crippen LogP contribution in [0.25, 0.3) is 46.6 Å². The van der Waals surface area contributed by atoms with E-state index in [0.717, 1.165) is 0 Å². The van der Waals surface area contributed by atoms with Crippen LogP contribution in [0.15, 0.2) is 181 Å². The van der Waals surface area contributed by atoms with Crippen molar-refractivity contribution in [1.82, 2.24) is 0 Å². The average Bonchev–Trinajstić information content (AvgIpc) is 3.70. The number of rotatable bonds is 7. The third-order valence-electron chi connectivity index (χ3n) is 9.76. The molecule has 0 aliphatic heterocycles. The van der Waals surface area contributed by atoms with Gasteiger partial charge in [0.05, 0.1) is 0 Å². The second-order valence-electron chi connectivity index (χ2n) is 13.1. The fourth-order valence-electron chi connectivity index (χ4n) is 7.46. The summed E-state index contributed by atoms with van der Waals surface area (Å²) in [6, 6.07) is 55.9. The summed E-state index contributed by atoms with van der Waals surface area (Å²) in [5, 5.41) is 0. The predicted molar refractivity (Wildman–Crippen MR) is 215 cm³/mol. The van der Waals surface area contributed by atoms with E-state index in [0.29, 0.717) is 7.25 Å². The van der Waals surface area contributed by atoms with Gasteiger partial charge in [-0.15, -0.1) is 0 Å². The van der Waals surface area contributed by atoms with Crippen LogP contribution in [0.3, 0.4) is 0 Å². The second-order valence-corrected chi connectivity index (χ2v) is 18.8. The molecule has 0 radical (unpaired) electrons. The SMILES string of the molecule is C(C=Cc1ccccc1)=Cc1ccccc1.[CH2]=[Zr]([CH]1C(C)=Cc2c(-c3ccccc3)cccc21)[CH]1C(C)=Cc2c(-c3ccccc3)cccc21. The van der Waals surface area contributed by atoms with E-state index in [4.69, 9.17) is 4.21 Å². The summed E-state index contributed by atoms with van der Waals surface area (Å²) < 4.78 is 6.05. The zero-order valence-corrected chi connectivity index (χ0v) is 31.3. The third-order valence-corrected chi connectivity index (χ3v) is 17.2. The molecular formula is C49H42Zr. The van der Waals surface area contributed by atoms with Gasteiger partial charge in [0, 0.05) is 0 Å². The van der Waals surface area contributed by atoms with E-state index >= 15 is 0 Å². The fourth-order valence-corrected chi connectivity index (χ4v) is 14.8. The van der Waals surface area contributed by atoms with Crippen LogP contribution < -0.4 is 0 Å². The van der Waals surface area contributed by atoms with Crippen molar-refractivity contribution in [2.75, 3.05) is 0 Å². The number of fused-ring (bicyclic) bond motifs is 2. The van der Waals surface area contributed by atoms with E-state index in [1.165, 1.54) is 66.8 Å². The van der Waals surface area contributed by atoms with E-state index in [1.54, 1.807) is 0 Å². The first-order valence-corrected chi connectivity index (χ1v) is 22.0. The molecule has 50 heavy (non-hydrogen) atoms.